The average Bonchev–Trinajstić information content (AvgIpc) is 3.22. The number of halogens is 2. The van der Waals surface area contributed by atoms with Crippen LogP contribution >= 0.6 is 26.6 Å². The molecule has 1 aromatic rings. The molecular formula is C13H15BrClNO4S. The molecule has 1 aliphatic rings. The Hall–Kier alpha value is -0.790. The molecule has 0 saturated heterocycles. The molecule has 21 heavy (non-hydrogen) atoms. The zero-order chi connectivity index (χ0) is 15.8. The second-order valence-corrected chi connectivity index (χ2v) is 8.14. The number of ether oxygens (including phenoxy) is 1. The highest BCUT2D eigenvalue weighted by Crippen LogP contribution is 2.36. The zero-order valence-corrected chi connectivity index (χ0v) is 14.8. The van der Waals surface area contributed by atoms with Crippen LogP contribution in [0.3, 0.4) is 0 Å². The summed E-state index contributed by atoms with van der Waals surface area (Å²) >= 11 is 3.22. The van der Waals surface area contributed by atoms with Gasteiger partial charge in [0.1, 0.15) is 4.90 Å². The van der Waals surface area contributed by atoms with Gasteiger partial charge < -0.3 is 9.64 Å². The van der Waals surface area contributed by atoms with Crippen LogP contribution in [0.5, 0.6) is 5.75 Å². The molecule has 1 saturated carbocycles. The second-order valence-electron chi connectivity index (χ2n) is 4.75. The quantitative estimate of drug-likeness (QED) is 0.718. The van der Waals surface area contributed by atoms with Gasteiger partial charge in [-0.05, 0) is 47.8 Å². The molecular weight excluding hydrogens is 382 g/mol. The molecule has 1 fully saturated rings. The molecule has 0 atom stereocenters. The minimum Gasteiger partial charge on any atom is -0.494 e. The second kappa shape index (κ2) is 6.14. The van der Waals surface area contributed by atoms with E-state index in [1.165, 1.54) is 13.2 Å². The highest BCUT2D eigenvalue weighted by molar-refractivity contribution is 9.10. The van der Waals surface area contributed by atoms with Crippen molar-refractivity contribution in [1.82, 2.24) is 4.90 Å². The van der Waals surface area contributed by atoms with E-state index in [-0.39, 0.29) is 28.2 Å². The van der Waals surface area contributed by atoms with Crippen LogP contribution in [0.15, 0.2) is 21.5 Å². The van der Waals surface area contributed by atoms with Gasteiger partial charge >= 0.3 is 0 Å². The lowest BCUT2D eigenvalue weighted by atomic mass is 10.2. The lowest BCUT2D eigenvalue weighted by molar-refractivity contribution is 0.0752. The van der Waals surface area contributed by atoms with E-state index >= 15 is 0 Å². The summed E-state index contributed by atoms with van der Waals surface area (Å²) in [7, 11) is 2.75. The maximum absolute atomic E-state index is 12.5. The lowest BCUT2D eigenvalue weighted by Crippen LogP contribution is -2.32. The summed E-state index contributed by atoms with van der Waals surface area (Å²) in [6.07, 6.45) is 1.97. The highest BCUT2D eigenvalue weighted by atomic mass is 79.9. The van der Waals surface area contributed by atoms with Gasteiger partial charge in [-0.2, -0.15) is 0 Å². The highest BCUT2D eigenvalue weighted by Gasteiger charge is 2.33. The first-order valence-electron chi connectivity index (χ1n) is 6.42. The van der Waals surface area contributed by atoms with Crippen molar-refractivity contribution in [2.45, 2.75) is 30.7 Å². The SMILES string of the molecule is CCN(C(=O)c1cc(Br)c(OC)c(S(=O)(=O)Cl)c1)C1CC1. The molecule has 5 nitrogen and oxygen atoms in total. The molecule has 0 heterocycles. The van der Waals surface area contributed by atoms with Crippen LogP contribution in [-0.2, 0) is 9.05 Å². The van der Waals surface area contributed by atoms with Gasteiger partial charge in [-0.3, -0.25) is 4.79 Å². The molecule has 0 N–H and O–H groups in total. The lowest BCUT2D eigenvalue weighted by Gasteiger charge is -2.21. The molecule has 2 rings (SSSR count). The summed E-state index contributed by atoms with van der Waals surface area (Å²) in [5.74, 6) is -0.110. The van der Waals surface area contributed by atoms with E-state index in [0.717, 1.165) is 12.8 Å². The Morgan fingerprint density at radius 1 is 1.48 bits per heavy atom. The van der Waals surface area contributed by atoms with Gasteiger partial charge in [0.2, 0.25) is 0 Å². The van der Waals surface area contributed by atoms with Crippen LogP contribution in [0.1, 0.15) is 30.1 Å². The molecule has 0 spiro atoms. The third-order valence-electron chi connectivity index (χ3n) is 3.31. The maximum Gasteiger partial charge on any atom is 0.265 e. The Labute approximate surface area is 136 Å². The summed E-state index contributed by atoms with van der Waals surface area (Å²) in [5, 5.41) is 0. The van der Waals surface area contributed by atoms with Crippen LogP contribution in [0.4, 0.5) is 0 Å². The van der Waals surface area contributed by atoms with Gasteiger partial charge in [0.05, 0.1) is 11.6 Å². The van der Waals surface area contributed by atoms with E-state index in [9.17, 15) is 13.2 Å². The third kappa shape index (κ3) is 3.52. The molecule has 1 aliphatic carbocycles. The fourth-order valence-corrected chi connectivity index (χ4v) is 3.97. The number of benzene rings is 1. The number of amides is 1. The van der Waals surface area contributed by atoms with Crippen LogP contribution in [0, 0.1) is 0 Å². The first-order valence-corrected chi connectivity index (χ1v) is 9.53. The van der Waals surface area contributed by atoms with Crippen molar-refractivity contribution in [2.24, 2.45) is 0 Å². The summed E-state index contributed by atoms with van der Waals surface area (Å²) in [6, 6.07) is 3.07. The van der Waals surface area contributed by atoms with Crippen LogP contribution in [0.2, 0.25) is 0 Å². The molecule has 0 aliphatic heterocycles. The van der Waals surface area contributed by atoms with E-state index < -0.39 is 9.05 Å². The molecule has 0 radical (unpaired) electrons. The topological polar surface area (TPSA) is 63.7 Å². The van der Waals surface area contributed by atoms with E-state index in [4.69, 9.17) is 15.4 Å². The van der Waals surface area contributed by atoms with Crippen molar-refractivity contribution in [3.05, 3.63) is 22.2 Å². The first-order chi connectivity index (χ1) is 9.79. The van der Waals surface area contributed by atoms with Gasteiger partial charge in [0, 0.05) is 28.8 Å². The normalized spacial score (nSPS) is 14.9. The van der Waals surface area contributed by atoms with Crippen LogP contribution in [-0.4, -0.2) is 38.9 Å². The standard InChI is InChI=1S/C13H15BrClNO4S/c1-3-16(9-4-5-9)13(17)8-6-10(14)12(20-2)11(7-8)21(15,18)19/h6-7,9H,3-5H2,1-2H3. The van der Waals surface area contributed by atoms with Crippen molar-refractivity contribution >= 4 is 41.6 Å². The number of nitrogens with zero attached hydrogens (tertiary/aromatic N) is 1. The van der Waals surface area contributed by atoms with Gasteiger partial charge in [-0.1, -0.05) is 0 Å². The Morgan fingerprint density at radius 2 is 2.10 bits per heavy atom. The fraction of sp³-hybridized carbons (Fsp3) is 0.462. The molecule has 0 bridgehead atoms. The van der Waals surface area contributed by atoms with E-state index in [2.05, 4.69) is 15.9 Å². The van der Waals surface area contributed by atoms with Gasteiger partial charge in [-0.25, -0.2) is 8.42 Å². The molecule has 0 unspecified atom stereocenters. The molecule has 0 aromatic heterocycles. The number of hydrogen-bond donors (Lipinski definition) is 0. The molecule has 116 valence electrons. The van der Waals surface area contributed by atoms with Crippen LogP contribution in [0.25, 0.3) is 0 Å². The third-order valence-corrected chi connectivity index (χ3v) is 5.23. The predicted octanol–water partition coefficient (Wildman–Crippen LogP) is 3.01. The monoisotopic (exact) mass is 395 g/mol. The Morgan fingerprint density at radius 3 is 2.52 bits per heavy atom. The Kier molecular flexibility index (Phi) is 4.85. The van der Waals surface area contributed by atoms with E-state index in [0.29, 0.717) is 11.0 Å². The Balaban J connectivity index is 2.50. The fourth-order valence-electron chi connectivity index (χ4n) is 2.19. The van der Waals surface area contributed by atoms with Crippen LogP contribution < -0.4 is 4.74 Å². The average molecular weight is 397 g/mol. The smallest absolute Gasteiger partial charge is 0.265 e. The largest absolute Gasteiger partial charge is 0.494 e. The van der Waals surface area contributed by atoms with Gasteiger partial charge in [0.25, 0.3) is 15.0 Å². The van der Waals surface area contributed by atoms with Gasteiger partial charge in [-0.15, -0.1) is 0 Å². The number of carbonyl (C=O) groups excluding carboxylic acids is 1. The van der Waals surface area contributed by atoms with Crippen molar-refractivity contribution in [1.29, 1.82) is 0 Å². The summed E-state index contributed by atoms with van der Waals surface area (Å²) in [5.41, 5.74) is 0.274. The summed E-state index contributed by atoms with van der Waals surface area (Å²) in [6.45, 7) is 2.48. The van der Waals surface area contributed by atoms with Crippen molar-refractivity contribution in [2.75, 3.05) is 13.7 Å². The molecule has 1 aromatic carbocycles. The number of hydrogen-bond acceptors (Lipinski definition) is 4. The number of rotatable bonds is 5. The summed E-state index contributed by atoms with van der Waals surface area (Å²) < 4.78 is 28.8. The predicted molar refractivity (Wildman–Crippen MR) is 83.5 cm³/mol. The maximum atomic E-state index is 12.5. The first kappa shape index (κ1) is 16.6. The van der Waals surface area contributed by atoms with Crippen molar-refractivity contribution < 1.29 is 17.9 Å². The zero-order valence-electron chi connectivity index (χ0n) is 11.6. The van der Waals surface area contributed by atoms with E-state index in [1.54, 1.807) is 11.0 Å². The summed E-state index contributed by atoms with van der Waals surface area (Å²) in [4.78, 5) is 14.0. The van der Waals surface area contributed by atoms with E-state index in [1.807, 2.05) is 6.92 Å². The number of methoxy groups -OCH3 is 1. The van der Waals surface area contributed by atoms with Crippen molar-refractivity contribution in [3.8, 4) is 5.75 Å². The minimum absolute atomic E-state index is 0.0935. The van der Waals surface area contributed by atoms with Gasteiger partial charge in [0.15, 0.2) is 5.75 Å². The molecule has 1 amide bonds. The Bertz CT molecular complexity index is 673. The minimum atomic E-state index is -4.01. The number of carbonyl (C=O) groups is 1. The van der Waals surface area contributed by atoms with Crippen molar-refractivity contribution in [3.63, 3.8) is 0 Å². The molecule has 8 heteroatoms.